The second kappa shape index (κ2) is 6.21. The summed E-state index contributed by atoms with van der Waals surface area (Å²) in [5, 5.41) is 7.79. The van der Waals surface area contributed by atoms with E-state index in [2.05, 4.69) is 33.5 Å². The standard InChI is InChI=1S/C13H19N5.ClH/c1-2-6-18-9-10(7-16-18)12-8-15-13(17-12)11-4-3-5-14-11;/h7-9,11,14H,2-6H2,1H3,(H,15,17);1H/t11-;/m0./s1. The molecule has 104 valence electrons. The number of aromatic nitrogens is 4. The number of rotatable bonds is 4. The van der Waals surface area contributed by atoms with Gasteiger partial charge < -0.3 is 10.3 Å². The fourth-order valence-corrected chi connectivity index (χ4v) is 2.43. The van der Waals surface area contributed by atoms with E-state index in [0.29, 0.717) is 6.04 Å². The van der Waals surface area contributed by atoms with Gasteiger partial charge in [0.15, 0.2) is 0 Å². The molecule has 1 aliphatic rings. The number of H-pyrrole nitrogens is 1. The molecule has 3 rings (SSSR count). The highest BCUT2D eigenvalue weighted by atomic mass is 35.5. The van der Waals surface area contributed by atoms with Gasteiger partial charge in [-0.25, -0.2) is 4.98 Å². The molecule has 0 saturated carbocycles. The van der Waals surface area contributed by atoms with E-state index in [9.17, 15) is 0 Å². The molecule has 0 aromatic carbocycles. The zero-order chi connectivity index (χ0) is 12.4. The van der Waals surface area contributed by atoms with Crippen LogP contribution in [0.4, 0.5) is 0 Å². The molecule has 6 heteroatoms. The van der Waals surface area contributed by atoms with Crippen molar-refractivity contribution in [1.82, 2.24) is 25.1 Å². The summed E-state index contributed by atoms with van der Waals surface area (Å²) in [6.07, 6.45) is 9.37. The Morgan fingerprint density at radius 3 is 3.05 bits per heavy atom. The Morgan fingerprint density at radius 2 is 2.32 bits per heavy atom. The highest BCUT2D eigenvalue weighted by Crippen LogP contribution is 2.23. The van der Waals surface area contributed by atoms with Crippen LogP contribution in [0.1, 0.15) is 38.1 Å². The molecular formula is C13H20ClN5. The van der Waals surface area contributed by atoms with Crippen LogP contribution in [0.2, 0.25) is 0 Å². The number of nitrogens with zero attached hydrogens (tertiary/aromatic N) is 3. The second-order valence-electron chi connectivity index (χ2n) is 4.82. The first-order chi connectivity index (χ1) is 8.86. The molecule has 19 heavy (non-hydrogen) atoms. The van der Waals surface area contributed by atoms with Crippen molar-refractivity contribution in [2.45, 2.75) is 38.8 Å². The summed E-state index contributed by atoms with van der Waals surface area (Å²) >= 11 is 0. The summed E-state index contributed by atoms with van der Waals surface area (Å²) in [4.78, 5) is 7.87. The van der Waals surface area contributed by atoms with Crippen molar-refractivity contribution in [3.05, 3.63) is 24.4 Å². The van der Waals surface area contributed by atoms with Crippen LogP contribution in [-0.4, -0.2) is 26.3 Å². The first-order valence-electron chi connectivity index (χ1n) is 6.68. The number of hydrogen-bond donors (Lipinski definition) is 2. The normalized spacial score (nSPS) is 18.5. The van der Waals surface area contributed by atoms with E-state index in [1.54, 1.807) is 0 Å². The average molecular weight is 282 g/mol. The minimum absolute atomic E-state index is 0. The molecule has 1 aliphatic heterocycles. The van der Waals surface area contributed by atoms with Crippen LogP contribution in [-0.2, 0) is 6.54 Å². The third-order valence-electron chi connectivity index (χ3n) is 3.38. The van der Waals surface area contributed by atoms with Gasteiger partial charge in [0.1, 0.15) is 5.82 Å². The fourth-order valence-electron chi connectivity index (χ4n) is 2.43. The number of nitrogens with one attached hydrogen (secondary N) is 2. The number of halogens is 1. The Labute approximate surface area is 119 Å². The maximum Gasteiger partial charge on any atom is 0.123 e. The molecule has 0 radical (unpaired) electrons. The van der Waals surface area contributed by atoms with Crippen LogP contribution in [0.15, 0.2) is 18.6 Å². The topological polar surface area (TPSA) is 58.5 Å². The van der Waals surface area contributed by atoms with Gasteiger partial charge in [-0.2, -0.15) is 5.10 Å². The zero-order valence-corrected chi connectivity index (χ0v) is 11.9. The van der Waals surface area contributed by atoms with Crippen LogP contribution in [0.3, 0.4) is 0 Å². The molecule has 2 aromatic rings. The van der Waals surface area contributed by atoms with Crippen molar-refractivity contribution in [3.63, 3.8) is 0 Å². The van der Waals surface area contributed by atoms with Gasteiger partial charge in [-0.1, -0.05) is 6.92 Å². The summed E-state index contributed by atoms with van der Waals surface area (Å²) in [5.41, 5.74) is 2.17. The van der Waals surface area contributed by atoms with Gasteiger partial charge in [-0.3, -0.25) is 4.68 Å². The number of aryl methyl sites for hydroxylation is 1. The predicted octanol–water partition coefficient (Wildman–Crippen LogP) is 2.53. The Bertz CT molecular complexity index is 513. The van der Waals surface area contributed by atoms with Crippen LogP contribution in [0, 0.1) is 0 Å². The third-order valence-corrected chi connectivity index (χ3v) is 3.38. The largest absolute Gasteiger partial charge is 0.341 e. The molecule has 2 aromatic heterocycles. The predicted molar refractivity (Wildman–Crippen MR) is 77.3 cm³/mol. The maximum absolute atomic E-state index is 4.47. The average Bonchev–Trinajstić information content (AvgIpc) is 3.10. The van der Waals surface area contributed by atoms with E-state index in [1.165, 1.54) is 12.8 Å². The van der Waals surface area contributed by atoms with Crippen molar-refractivity contribution < 1.29 is 0 Å². The molecule has 0 bridgehead atoms. The SMILES string of the molecule is CCCn1cc(-c2cnc([C@@H]3CCCN3)[nH]2)cn1.Cl. The van der Waals surface area contributed by atoms with Gasteiger partial charge in [0.05, 0.1) is 24.1 Å². The minimum Gasteiger partial charge on any atom is -0.341 e. The van der Waals surface area contributed by atoms with Crippen molar-refractivity contribution in [2.24, 2.45) is 0 Å². The monoisotopic (exact) mass is 281 g/mol. The van der Waals surface area contributed by atoms with E-state index >= 15 is 0 Å². The Kier molecular flexibility index (Phi) is 4.61. The molecule has 5 nitrogen and oxygen atoms in total. The third kappa shape index (κ3) is 2.98. The summed E-state index contributed by atoms with van der Waals surface area (Å²) in [6, 6.07) is 0.393. The molecule has 0 amide bonds. The van der Waals surface area contributed by atoms with Crippen molar-refractivity contribution >= 4 is 12.4 Å². The van der Waals surface area contributed by atoms with E-state index in [-0.39, 0.29) is 12.4 Å². The number of aromatic amines is 1. The second-order valence-corrected chi connectivity index (χ2v) is 4.82. The van der Waals surface area contributed by atoms with Gasteiger partial charge in [0.2, 0.25) is 0 Å². The van der Waals surface area contributed by atoms with Crippen molar-refractivity contribution in [1.29, 1.82) is 0 Å². The van der Waals surface area contributed by atoms with Crippen LogP contribution >= 0.6 is 12.4 Å². The van der Waals surface area contributed by atoms with Crippen LogP contribution in [0.5, 0.6) is 0 Å². The molecule has 2 N–H and O–H groups in total. The zero-order valence-electron chi connectivity index (χ0n) is 11.1. The lowest BCUT2D eigenvalue weighted by molar-refractivity contribution is 0.603. The summed E-state index contributed by atoms with van der Waals surface area (Å²) in [6.45, 7) is 4.21. The van der Waals surface area contributed by atoms with Crippen LogP contribution in [0.25, 0.3) is 11.3 Å². The van der Waals surface area contributed by atoms with Gasteiger partial charge in [0, 0.05) is 18.3 Å². The smallest absolute Gasteiger partial charge is 0.123 e. The minimum atomic E-state index is 0. The molecule has 0 aliphatic carbocycles. The van der Waals surface area contributed by atoms with Crippen molar-refractivity contribution in [3.8, 4) is 11.3 Å². The molecule has 0 spiro atoms. The van der Waals surface area contributed by atoms with E-state index in [4.69, 9.17) is 0 Å². The fraction of sp³-hybridized carbons (Fsp3) is 0.538. The molecule has 1 saturated heterocycles. The van der Waals surface area contributed by atoms with E-state index < -0.39 is 0 Å². The summed E-state index contributed by atoms with van der Waals surface area (Å²) in [5.74, 6) is 1.05. The highest BCUT2D eigenvalue weighted by molar-refractivity contribution is 5.85. The number of imidazole rings is 1. The van der Waals surface area contributed by atoms with Gasteiger partial charge >= 0.3 is 0 Å². The molecule has 1 fully saturated rings. The Hall–Kier alpha value is -1.33. The van der Waals surface area contributed by atoms with Gasteiger partial charge in [-0.15, -0.1) is 12.4 Å². The Morgan fingerprint density at radius 1 is 1.42 bits per heavy atom. The lowest BCUT2D eigenvalue weighted by Crippen LogP contribution is -2.14. The van der Waals surface area contributed by atoms with Crippen LogP contribution < -0.4 is 5.32 Å². The van der Waals surface area contributed by atoms with Gasteiger partial charge in [-0.05, 0) is 25.8 Å². The number of hydrogen-bond acceptors (Lipinski definition) is 3. The van der Waals surface area contributed by atoms with E-state index in [1.807, 2.05) is 17.1 Å². The lowest BCUT2D eigenvalue weighted by Gasteiger charge is -2.04. The van der Waals surface area contributed by atoms with E-state index in [0.717, 1.165) is 36.6 Å². The highest BCUT2D eigenvalue weighted by Gasteiger charge is 2.19. The Balaban J connectivity index is 0.00000133. The quantitative estimate of drug-likeness (QED) is 0.905. The molecule has 1 atom stereocenters. The van der Waals surface area contributed by atoms with Gasteiger partial charge in [0.25, 0.3) is 0 Å². The molecule has 3 heterocycles. The molecule has 0 unspecified atom stereocenters. The molecular weight excluding hydrogens is 262 g/mol. The summed E-state index contributed by atoms with van der Waals surface area (Å²) < 4.78 is 1.98. The van der Waals surface area contributed by atoms with Crippen molar-refractivity contribution in [2.75, 3.05) is 6.54 Å². The lowest BCUT2D eigenvalue weighted by atomic mass is 10.2. The first-order valence-corrected chi connectivity index (χ1v) is 6.68. The maximum atomic E-state index is 4.47. The first kappa shape index (κ1) is 14.1. The summed E-state index contributed by atoms with van der Waals surface area (Å²) in [7, 11) is 0.